The van der Waals surface area contributed by atoms with Crippen molar-refractivity contribution in [2.75, 3.05) is 39.3 Å². The zero-order valence-corrected chi connectivity index (χ0v) is 10.9. The molecule has 1 atom stereocenters. The Balaban J connectivity index is 1.72. The van der Waals surface area contributed by atoms with Crippen LogP contribution >= 0.6 is 0 Å². The second-order valence-electron chi connectivity index (χ2n) is 5.53. The van der Waals surface area contributed by atoms with Crippen molar-refractivity contribution in [3.8, 4) is 0 Å². The Morgan fingerprint density at radius 3 is 2.84 bits per heavy atom. The van der Waals surface area contributed by atoms with E-state index in [1.165, 1.54) is 0 Å². The standard InChI is InChI=1S/C13H18N4O2/c18-13-9-8-19-6-1-10(9)14-12(15-13)11-7-16-2-4-17(11)5-3-16/h11H,1-8H2,(H,14,15,18). The van der Waals surface area contributed by atoms with Crippen LogP contribution in [0.1, 0.15) is 23.1 Å². The normalized spacial score (nSPS) is 33.2. The van der Waals surface area contributed by atoms with Crippen LogP contribution in [0.25, 0.3) is 0 Å². The van der Waals surface area contributed by atoms with Crippen molar-refractivity contribution in [1.82, 2.24) is 19.8 Å². The van der Waals surface area contributed by atoms with Gasteiger partial charge in [-0.25, -0.2) is 4.98 Å². The molecule has 102 valence electrons. The van der Waals surface area contributed by atoms with Crippen LogP contribution < -0.4 is 5.56 Å². The van der Waals surface area contributed by atoms with Crippen molar-refractivity contribution in [2.45, 2.75) is 19.1 Å². The molecule has 3 saturated heterocycles. The van der Waals surface area contributed by atoms with Gasteiger partial charge in [0, 0.05) is 39.1 Å². The molecule has 5 heterocycles. The first-order valence-corrected chi connectivity index (χ1v) is 6.97. The van der Waals surface area contributed by atoms with Gasteiger partial charge in [0.1, 0.15) is 5.82 Å². The molecular formula is C13H18N4O2. The summed E-state index contributed by atoms with van der Waals surface area (Å²) in [6, 6.07) is 0.253. The van der Waals surface area contributed by atoms with Gasteiger partial charge in [-0.05, 0) is 0 Å². The summed E-state index contributed by atoms with van der Waals surface area (Å²) in [4.78, 5) is 24.7. The summed E-state index contributed by atoms with van der Waals surface area (Å²) < 4.78 is 5.33. The molecule has 19 heavy (non-hydrogen) atoms. The summed E-state index contributed by atoms with van der Waals surface area (Å²) in [5.41, 5.74) is 1.63. The van der Waals surface area contributed by atoms with E-state index in [4.69, 9.17) is 9.72 Å². The number of aromatic amines is 1. The Labute approximate surface area is 111 Å². The van der Waals surface area contributed by atoms with E-state index in [-0.39, 0.29) is 11.6 Å². The molecule has 1 unspecified atom stereocenters. The molecule has 4 aliphatic rings. The first kappa shape index (κ1) is 11.6. The molecule has 0 amide bonds. The lowest BCUT2D eigenvalue weighted by Crippen LogP contribution is -2.57. The van der Waals surface area contributed by atoms with E-state index in [0.29, 0.717) is 18.8 Å². The highest BCUT2D eigenvalue weighted by molar-refractivity contribution is 5.20. The molecule has 0 saturated carbocycles. The average Bonchev–Trinajstić information content (AvgIpc) is 2.48. The number of fused-ring (bicyclic) bond motifs is 4. The van der Waals surface area contributed by atoms with Crippen LogP contribution in [0.15, 0.2) is 4.79 Å². The Kier molecular flexibility index (Phi) is 2.68. The van der Waals surface area contributed by atoms with Gasteiger partial charge in [0.15, 0.2) is 0 Å². The number of rotatable bonds is 1. The summed E-state index contributed by atoms with van der Waals surface area (Å²) in [6.45, 7) is 6.49. The molecule has 6 heteroatoms. The number of aromatic nitrogens is 2. The SMILES string of the molecule is O=c1[nH]c(C2CN3CCN2CC3)nc2c1COCC2. The zero-order chi connectivity index (χ0) is 12.8. The summed E-state index contributed by atoms with van der Waals surface area (Å²) in [5.74, 6) is 0.843. The molecular weight excluding hydrogens is 244 g/mol. The highest BCUT2D eigenvalue weighted by Crippen LogP contribution is 2.26. The van der Waals surface area contributed by atoms with Gasteiger partial charge >= 0.3 is 0 Å². The third kappa shape index (κ3) is 1.91. The maximum atomic E-state index is 12.1. The molecule has 0 radical (unpaired) electrons. The predicted octanol–water partition coefficient (Wildman–Crippen LogP) is -0.485. The Hall–Kier alpha value is -1.24. The smallest absolute Gasteiger partial charge is 0.256 e. The Morgan fingerprint density at radius 1 is 1.26 bits per heavy atom. The van der Waals surface area contributed by atoms with Crippen LogP contribution in [0, 0.1) is 0 Å². The third-order valence-electron chi connectivity index (χ3n) is 4.44. The van der Waals surface area contributed by atoms with Gasteiger partial charge in [-0.3, -0.25) is 14.6 Å². The second-order valence-corrected chi connectivity index (χ2v) is 5.53. The fourth-order valence-electron chi connectivity index (χ4n) is 3.30. The van der Waals surface area contributed by atoms with Gasteiger partial charge < -0.3 is 9.72 Å². The minimum absolute atomic E-state index is 0.0163. The van der Waals surface area contributed by atoms with E-state index in [1.54, 1.807) is 0 Å². The number of ether oxygens (including phenoxy) is 1. The Bertz CT molecular complexity index is 548. The molecule has 0 spiro atoms. The number of nitrogens with zero attached hydrogens (tertiary/aromatic N) is 3. The van der Waals surface area contributed by atoms with Crippen LogP contribution in [-0.2, 0) is 17.8 Å². The fraction of sp³-hybridized carbons (Fsp3) is 0.692. The molecule has 0 aromatic carbocycles. The van der Waals surface area contributed by atoms with E-state index >= 15 is 0 Å². The van der Waals surface area contributed by atoms with Crippen molar-refractivity contribution in [3.63, 3.8) is 0 Å². The number of H-pyrrole nitrogens is 1. The quantitative estimate of drug-likeness (QED) is 0.740. The summed E-state index contributed by atoms with van der Waals surface area (Å²) in [6.07, 6.45) is 0.753. The highest BCUT2D eigenvalue weighted by atomic mass is 16.5. The fourth-order valence-corrected chi connectivity index (χ4v) is 3.30. The first-order valence-electron chi connectivity index (χ1n) is 6.97. The van der Waals surface area contributed by atoms with Crippen LogP contribution in [0.4, 0.5) is 0 Å². The number of hydrogen-bond donors (Lipinski definition) is 1. The molecule has 0 aliphatic carbocycles. The van der Waals surface area contributed by atoms with Crippen molar-refractivity contribution in [2.24, 2.45) is 0 Å². The maximum Gasteiger partial charge on any atom is 0.256 e. The second kappa shape index (κ2) is 4.40. The Morgan fingerprint density at radius 2 is 2.11 bits per heavy atom. The van der Waals surface area contributed by atoms with E-state index < -0.39 is 0 Å². The van der Waals surface area contributed by atoms with Crippen molar-refractivity contribution >= 4 is 0 Å². The molecule has 5 rings (SSSR count). The molecule has 1 aromatic heterocycles. The first-order chi connectivity index (χ1) is 9.31. The molecule has 6 nitrogen and oxygen atoms in total. The van der Waals surface area contributed by atoms with Crippen molar-refractivity contribution in [3.05, 3.63) is 27.4 Å². The molecule has 1 N–H and O–H groups in total. The number of nitrogens with one attached hydrogen (secondary N) is 1. The molecule has 2 bridgehead atoms. The summed E-state index contributed by atoms with van der Waals surface area (Å²) >= 11 is 0. The average molecular weight is 262 g/mol. The van der Waals surface area contributed by atoms with E-state index in [2.05, 4.69) is 14.8 Å². The van der Waals surface area contributed by atoms with E-state index in [0.717, 1.165) is 50.7 Å². The van der Waals surface area contributed by atoms with Gasteiger partial charge in [0.05, 0.1) is 30.5 Å². The van der Waals surface area contributed by atoms with Gasteiger partial charge in [0.25, 0.3) is 5.56 Å². The number of piperazine rings is 3. The lowest BCUT2D eigenvalue weighted by atomic mass is 10.1. The van der Waals surface area contributed by atoms with Crippen molar-refractivity contribution in [1.29, 1.82) is 0 Å². The summed E-state index contributed by atoms with van der Waals surface area (Å²) in [7, 11) is 0. The largest absolute Gasteiger partial charge is 0.376 e. The summed E-state index contributed by atoms with van der Waals surface area (Å²) in [5, 5.41) is 0. The lowest BCUT2D eigenvalue weighted by molar-refractivity contribution is 0.00817. The van der Waals surface area contributed by atoms with E-state index in [1.807, 2.05) is 0 Å². The molecule has 3 fully saturated rings. The van der Waals surface area contributed by atoms with Crippen molar-refractivity contribution < 1.29 is 4.74 Å². The minimum atomic E-state index is -0.0163. The highest BCUT2D eigenvalue weighted by Gasteiger charge is 2.34. The van der Waals surface area contributed by atoms with Crippen LogP contribution in [0.3, 0.4) is 0 Å². The zero-order valence-electron chi connectivity index (χ0n) is 10.9. The minimum Gasteiger partial charge on any atom is -0.376 e. The monoisotopic (exact) mass is 262 g/mol. The van der Waals surface area contributed by atoms with Gasteiger partial charge in [-0.2, -0.15) is 0 Å². The van der Waals surface area contributed by atoms with Gasteiger partial charge in [-0.15, -0.1) is 0 Å². The predicted molar refractivity (Wildman–Crippen MR) is 69.0 cm³/mol. The van der Waals surface area contributed by atoms with Gasteiger partial charge in [0.2, 0.25) is 0 Å². The van der Waals surface area contributed by atoms with Crippen LogP contribution in [-0.4, -0.2) is 59.1 Å². The molecule has 1 aromatic rings. The van der Waals surface area contributed by atoms with Crippen LogP contribution in [0.5, 0.6) is 0 Å². The topological polar surface area (TPSA) is 61.5 Å². The van der Waals surface area contributed by atoms with Crippen LogP contribution in [0.2, 0.25) is 0 Å². The lowest BCUT2D eigenvalue weighted by Gasteiger charge is -2.46. The maximum absolute atomic E-state index is 12.1. The van der Waals surface area contributed by atoms with Gasteiger partial charge in [-0.1, -0.05) is 0 Å². The van der Waals surface area contributed by atoms with E-state index in [9.17, 15) is 4.79 Å². The molecule has 4 aliphatic heterocycles. The third-order valence-corrected chi connectivity index (χ3v) is 4.44. The number of hydrogen-bond acceptors (Lipinski definition) is 5.